The molecule has 2 heterocycles. The molecule has 1 spiro atoms. The van der Waals surface area contributed by atoms with Crippen LogP contribution in [0.5, 0.6) is 0 Å². The molecule has 0 radical (unpaired) electrons. The normalized spacial score (nSPS) is 20.6. The third kappa shape index (κ3) is 1.42. The third-order valence-electron chi connectivity index (χ3n) is 4.12. The van der Waals surface area contributed by atoms with Crippen molar-refractivity contribution in [2.45, 2.75) is 19.3 Å². The van der Waals surface area contributed by atoms with Gasteiger partial charge in [-0.15, -0.1) is 0 Å². The molecule has 0 atom stereocenters. The van der Waals surface area contributed by atoms with Gasteiger partial charge >= 0.3 is 0 Å². The Morgan fingerprint density at radius 2 is 1.83 bits per heavy atom. The molecule has 1 amide bonds. The van der Waals surface area contributed by atoms with Crippen molar-refractivity contribution in [3.8, 4) is 0 Å². The van der Waals surface area contributed by atoms with Gasteiger partial charge in [-0.2, -0.15) is 0 Å². The number of hydrogen-bond acceptors (Lipinski definition) is 3. The lowest BCUT2D eigenvalue weighted by Gasteiger charge is -2.46. The molecule has 0 bridgehead atoms. The Bertz CT molecular complexity index is 466. The summed E-state index contributed by atoms with van der Waals surface area (Å²) in [6, 6.07) is 8.25. The van der Waals surface area contributed by atoms with Gasteiger partial charge in [-0.05, 0) is 25.1 Å². The predicted molar refractivity (Wildman–Crippen MR) is 73.3 cm³/mol. The maximum atomic E-state index is 12.6. The van der Waals surface area contributed by atoms with Gasteiger partial charge in [0.25, 0.3) is 0 Å². The summed E-state index contributed by atoms with van der Waals surface area (Å²) < 4.78 is 0. The number of carbonyl (C=O) groups excluding carboxylic acids is 1. The summed E-state index contributed by atoms with van der Waals surface area (Å²) in [4.78, 5) is 16.8. The van der Waals surface area contributed by atoms with Crippen LogP contribution in [-0.2, 0) is 10.2 Å². The molecular weight excluding hydrogens is 226 g/mol. The van der Waals surface area contributed by atoms with E-state index in [-0.39, 0.29) is 11.6 Å². The van der Waals surface area contributed by atoms with Crippen LogP contribution >= 0.6 is 0 Å². The average molecular weight is 247 g/mol. The number of likely N-dealkylation sites (N-methyl/N-ethyl adjacent to an activating group) is 2. The summed E-state index contributed by atoms with van der Waals surface area (Å²) in [5, 5.41) is 0. The first kappa shape index (κ1) is 13.1. The van der Waals surface area contributed by atoms with Crippen LogP contribution in [0.1, 0.15) is 19.4 Å². The summed E-state index contributed by atoms with van der Waals surface area (Å²) in [7, 11) is 0. The molecule has 1 aromatic rings. The molecule has 2 aliphatic heterocycles. The Kier molecular flexibility index (Phi) is 3.17. The largest absolute Gasteiger partial charge is 0.344 e. The number of nitrogens with zero attached hydrogens (tertiary/aromatic N) is 2. The third-order valence-corrected chi connectivity index (χ3v) is 4.12. The number of carbonyl (C=O) groups is 1. The van der Waals surface area contributed by atoms with E-state index in [1.807, 2.05) is 24.0 Å². The Labute approximate surface area is 108 Å². The number of hydrogen-bond donors (Lipinski definition) is 1. The monoisotopic (exact) mass is 247 g/mol. The zero-order valence-corrected chi connectivity index (χ0v) is 11.1. The van der Waals surface area contributed by atoms with Gasteiger partial charge < -0.3 is 16.0 Å². The molecule has 3 rings (SSSR count). The molecule has 4 heteroatoms. The Hall–Kier alpha value is -1.39. The van der Waals surface area contributed by atoms with Crippen LogP contribution < -0.4 is 11.1 Å². The van der Waals surface area contributed by atoms with Gasteiger partial charge in [0.1, 0.15) is 5.41 Å². The first-order valence-electron chi connectivity index (χ1n) is 6.36. The van der Waals surface area contributed by atoms with E-state index >= 15 is 0 Å². The minimum absolute atomic E-state index is 0. The van der Waals surface area contributed by atoms with Gasteiger partial charge in [0, 0.05) is 25.3 Å². The average Bonchev–Trinajstić information content (AvgIpc) is 2.55. The molecule has 98 valence electrons. The molecule has 0 aliphatic carbocycles. The molecule has 3 N–H and O–H groups in total. The zero-order valence-electron chi connectivity index (χ0n) is 11.1. The van der Waals surface area contributed by atoms with Crippen LogP contribution in [0.2, 0.25) is 0 Å². The van der Waals surface area contributed by atoms with E-state index in [9.17, 15) is 4.79 Å². The first-order valence-corrected chi connectivity index (χ1v) is 6.36. The molecule has 18 heavy (non-hydrogen) atoms. The van der Waals surface area contributed by atoms with Crippen LogP contribution in [0.25, 0.3) is 0 Å². The Morgan fingerprint density at radius 1 is 1.17 bits per heavy atom. The highest BCUT2D eigenvalue weighted by atomic mass is 16.2. The van der Waals surface area contributed by atoms with E-state index in [4.69, 9.17) is 0 Å². The van der Waals surface area contributed by atoms with Gasteiger partial charge in [-0.25, -0.2) is 0 Å². The number of para-hydroxylation sites is 1. The van der Waals surface area contributed by atoms with Gasteiger partial charge in [0.15, 0.2) is 0 Å². The van der Waals surface area contributed by atoms with E-state index in [2.05, 4.69) is 24.0 Å². The van der Waals surface area contributed by atoms with Crippen molar-refractivity contribution in [3.63, 3.8) is 0 Å². The number of rotatable bonds is 2. The van der Waals surface area contributed by atoms with Crippen molar-refractivity contribution in [1.82, 2.24) is 11.1 Å². The summed E-state index contributed by atoms with van der Waals surface area (Å²) in [5.74, 6) is 0.297. The minimum atomic E-state index is -0.234. The van der Waals surface area contributed by atoms with E-state index < -0.39 is 0 Å². The highest BCUT2D eigenvalue weighted by Crippen LogP contribution is 2.46. The minimum Gasteiger partial charge on any atom is -0.344 e. The summed E-state index contributed by atoms with van der Waals surface area (Å²) >= 11 is 0. The topological polar surface area (TPSA) is 58.6 Å². The SMILES string of the molecule is CCN1CC2(C1)C(=O)N(CC)c1ccccc12.N. The molecule has 0 aromatic heterocycles. The van der Waals surface area contributed by atoms with E-state index in [0.29, 0.717) is 5.91 Å². The van der Waals surface area contributed by atoms with Crippen LogP contribution in [0.4, 0.5) is 5.69 Å². The van der Waals surface area contributed by atoms with Crippen LogP contribution in [0.15, 0.2) is 24.3 Å². The maximum Gasteiger partial charge on any atom is 0.240 e. The van der Waals surface area contributed by atoms with Crippen molar-refractivity contribution >= 4 is 11.6 Å². The van der Waals surface area contributed by atoms with Crippen molar-refractivity contribution < 1.29 is 4.79 Å². The van der Waals surface area contributed by atoms with Crippen molar-refractivity contribution in [1.29, 1.82) is 0 Å². The van der Waals surface area contributed by atoms with Crippen LogP contribution in [0.3, 0.4) is 0 Å². The second-order valence-electron chi connectivity index (χ2n) is 4.95. The molecule has 0 unspecified atom stereocenters. The van der Waals surface area contributed by atoms with E-state index in [1.54, 1.807) is 0 Å². The number of fused-ring (bicyclic) bond motifs is 2. The fourth-order valence-corrected chi connectivity index (χ4v) is 3.16. The van der Waals surface area contributed by atoms with Crippen molar-refractivity contribution in [3.05, 3.63) is 29.8 Å². The lowest BCUT2D eigenvalue weighted by Crippen LogP contribution is -2.63. The second kappa shape index (κ2) is 4.37. The Morgan fingerprint density at radius 3 is 2.44 bits per heavy atom. The lowest BCUT2D eigenvalue weighted by molar-refractivity contribution is -0.129. The van der Waals surface area contributed by atoms with Crippen LogP contribution in [0, 0.1) is 0 Å². The molecule has 4 nitrogen and oxygen atoms in total. The number of anilines is 1. The predicted octanol–water partition coefficient (Wildman–Crippen LogP) is 1.79. The fourth-order valence-electron chi connectivity index (χ4n) is 3.16. The summed E-state index contributed by atoms with van der Waals surface area (Å²) in [5.41, 5.74) is 2.12. The van der Waals surface area contributed by atoms with Gasteiger partial charge in [-0.3, -0.25) is 4.79 Å². The number of amides is 1. The van der Waals surface area contributed by atoms with Gasteiger partial charge in [0.05, 0.1) is 0 Å². The maximum absolute atomic E-state index is 12.6. The molecular formula is C14H21N3O. The summed E-state index contributed by atoms with van der Waals surface area (Å²) in [6.45, 7) is 7.76. The highest BCUT2D eigenvalue weighted by molar-refractivity contribution is 6.09. The van der Waals surface area contributed by atoms with Crippen molar-refractivity contribution in [2.75, 3.05) is 31.1 Å². The summed E-state index contributed by atoms with van der Waals surface area (Å²) in [6.07, 6.45) is 0. The molecule has 1 aromatic carbocycles. The number of likely N-dealkylation sites (tertiary alicyclic amines) is 1. The van der Waals surface area contributed by atoms with Crippen molar-refractivity contribution in [2.24, 2.45) is 0 Å². The first-order chi connectivity index (χ1) is 8.23. The molecule has 1 saturated heterocycles. The molecule has 0 saturated carbocycles. The van der Waals surface area contributed by atoms with E-state index in [0.717, 1.165) is 31.9 Å². The Balaban J connectivity index is 0.00000120. The fraction of sp³-hybridized carbons (Fsp3) is 0.500. The van der Waals surface area contributed by atoms with Gasteiger partial charge in [0.2, 0.25) is 5.91 Å². The van der Waals surface area contributed by atoms with E-state index in [1.165, 1.54) is 5.56 Å². The molecule has 2 aliphatic rings. The quantitative estimate of drug-likeness (QED) is 0.866. The van der Waals surface area contributed by atoms with Crippen LogP contribution in [-0.4, -0.2) is 37.0 Å². The molecule has 1 fully saturated rings. The lowest BCUT2D eigenvalue weighted by atomic mass is 9.74. The number of benzene rings is 1. The van der Waals surface area contributed by atoms with Gasteiger partial charge in [-0.1, -0.05) is 25.1 Å². The standard InChI is InChI=1S/C14H18N2O.H3N/c1-3-15-9-14(10-15)11-7-5-6-8-12(11)16(4-2)13(14)17;/h5-8H,3-4,9-10H2,1-2H3;1H3. The highest BCUT2D eigenvalue weighted by Gasteiger charge is 2.56. The second-order valence-corrected chi connectivity index (χ2v) is 4.95. The smallest absolute Gasteiger partial charge is 0.240 e. The zero-order chi connectivity index (χ0) is 12.0.